The highest BCUT2D eigenvalue weighted by atomic mass is 16.2. The Hall–Kier alpha value is -4.00. The van der Waals surface area contributed by atoms with E-state index in [0.717, 1.165) is 30.6 Å². The summed E-state index contributed by atoms with van der Waals surface area (Å²) in [6, 6.07) is 5.62. The maximum atomic E-state index is 12.3. The maximum Gasteiger partial charge on any atom is 0.227 e. The summed E-state index contributed by atoms with van der Waals surface area (Å²) >= 11 is 0. The number of anilines is 3. The Balaban J connectivity index is 1.49. The summed E-state index contributed by atoms with van der Waals surface area (Å²) < 4.78 is 1.69. The Morgan fingerprint density at radius 3 is 2.74 bits per heavy atom. The molecule has 10 nitrogen and oxygen atoms in total. The molecule has 1 atom stereocenters. The number of hydrogen-bond donors (Lipinski definition) is 2. The first-order valence-corrected chi connectivity index (χ1v) is 10.0. The van der Waals surface area contributed by atoms with E-state index in [2.05, 4.69) is 36.8 Å². The van der Waals surface area contributed by atoms with Gasteiger partial charge >= 0.3 is 0 Å². The topological polar surface area (TPSA) is 125 Å². The van der Waals surface area contributed by atoms with Crippen molar-refractivity contribution in [2.24, 2.45) is 13.0 Å². The van der Waals surface area contributed by atoms with Crippen LogP contribution in [0.15, 0.2) is 36.9 Å². The van der Waals surface area contributed by atoms with Gasteiger partial charge in [0, 0.05) is 51.3 Å². The molecule has 4 heterocycles. The second-order valence-corrected chi connectivity index (χ2v) is 7.51. The molecule has 1 fully saturated rings. The second kappa shape index (κ2) is 8.79. The fourth-order valence-corrected chi connectivity index (χ4v) is 3.51. The van der Waals surface area contributed by atoms with E-state index in [1.807, 2.05) is 20.3 Å². The lowest BCUT2D eigenvalue weighted by Crippen LogP contribution is -2.41. The van der Waals surface area contributed by atoms with Crippen LogP contribution in [0, 0.1) is 17.2 Å². The quantitative estimate of drug-likeness (QED) is 0.625. The third kappa shape index (κ3) is 4.61. The molecule has 158 valence electrons. The van der Waals surface area contributed by atoms with Gasteiger partial charge in [-0.3, -0.25) is 9.48 Å². The molecule has 0 bridgehead atoms. The average molecular weight is 417 g/mol. The van der Waals surface area contributed by atoms with Crippen molar-refractivity contribution in [2.45, 2.75) is 12.8 Å². The molecule has 1 aliphatic heterocycles. The number of pyridine rings is 1. The van der Waals surface area contributed by atoms with Crippen LogP contribution in [0.3, 0.4) is 0 Å². The van der Waals surface area contributed by atoms with Crippen molar-refractivity contribution in [3.63, 3.8) is 0 Å². The van der Waals surface area contributed by atoms with E-state index in [9.17, 15) is 10.1 Å². The zero-order valence-electron chi connectivity index (χ0n) is 17.4. The summed E-state index contributed by atoms with van der Waals surface area (Å²) in [7, 11) is 3.65. The molecule has 1 aliphatic rings. The van der Waals surface area contributed by atoms with Crippen LogP contribution in [-0.2, 0) is 11.8 Å². The first-order chi connectivity index (χ1) is 15.0. The Morgan fingerprint density at radius 2 is 2.03 bits per heavy atom. The van der Waals surface area contributed by atoms with Gasteiger partial charge in [0.15, 0.2) is 0 Å². The summed E-state index contributed by atoms with van der Waals surface area (Å²) in [6.07, 6.45) is 8.66. The van der Waals surface area contributed by atoms with Crippen molar-refractivity contribution in [3.05, 3.63) is 42.5 Å². The van der Waals surface area contributed by atoms with Crippen molar-refractivity contribution < 1.29 is 4.79 Å². The predicted molar refractivity (Wildman–Crippen MR) is 115 cm³/mol. The van der Waals surface area contributed by atoms with Crippen molar-refractivity contribution >= 4 is 23.4 Å². The molecule has 0 radical (unpaired) electrons. The molecular formula is C21H23N9O. The lowest BCUT2D eigenvalue weighted by Gasteiger charge is -2.29. The van der Waals surface area contributed by atoms with Gasteiger partial charge < -0.3 is 15.5 Å². The van der Waals surface area contributed by atoms with Crippen molar-refractivity contribution in [3.8, 4) is 17.3 Å². The smallest absolute Gasteiger partial charge is 0.227 e. The third-order valence-electron chi connectivity index (χ3n) is 5.21. The summed E-state index contributed by atoms with van der Waals surface area (Å²) in [4.78, 5) is 27.3. The Bertz CT molecular complexity index is 1120. The standard InChI is InChI=1S/C21H23N9O/c1-29-7-3-4-15(20(29)31)9-23-19-14(8-22)5-6-18(28-19)16-10-24-21(25-11-16)27-17-12-26-30(2)13-17/h5-6,10-13,15H,3-4,7,9H2,1-2H3,(H,23,28)(H,24,25,27)/t15-/m0/s1. The highest BCUT2D eigenvalue weighted by molar-refractivity contribution is 5.80. The molecule has 1 amide bonds. The molecule has 0 spiro atoms. The van der Waals surface area contributed by atoms with Crippen LogP contribution in [-0.4, -0.2) is 55.7 Å². The van der Waals surface area contributed by atoms with E-state index in [1.165, 1.54) is 0 Å². The molecule has 4 rings (SSSR count). The number of rotatable bonds is 6. The lowest BCUT2D eigenvalue weighted by molar-refractivity contribution is -0.136. The summed E-state index contributed by atoms with van der Waals surface area (Å²) in [5.74, 6) is 0.915. The van der Waals surface area contributed by atoms with Crippen molar-refractivity contribution in [1.82, 2.24) is 29.6 Å². The van der Waals surface area contributed by atoms with Gasteiger partial charge in [-0.2, -0.15) is 10.4 Å². The zero-order valence-corrected chi connectivity index (χ0v) is 17.4. The number of likely N-dealkylation sites (tertiary alicyclic amines) is 1. The minimum absolute atomic E-state index is 0.114. The molecule has 0 aliphatic carbocycles. The van der Waals surface area contributed by atoms with Crippen LogP contribution in [0.4, 0.5) is 17.5 Å². The highest BCUT2D eigenvalue weighted by Gasteiger charge is 2.26. The molecule has 31 heavy (non-hydrogen) atoms. The normalized spacial score (nSPS) is 16.1. The van der Waals surface area contributed by atoms with Gasteiger partial charge in [0.2, 0.25) is 11.9 Å². The van der Waals surface area contributed by atoms with Gasteiger partial charge in [-0.15, -0.1) is 0 Å². The predicted octanol–water partition coefficient (Wildman–Crippen LogP) is 2.17. The number of aryl methyl sites for hydroxylation is 1. The molecule has 0 aromatic carbocycles. The van der Waals surface area contributed by atoms with Crippen LogP contribution >= 0.6 is 0 Å². The van der Waals surface area contributed by atoms with E-state index < -0.39 is 0 Å². The summed E-state index contributed by atoms with van der Waals surface area (Å²) in [5, 5.41) is 19.8. The number of piperidine rings is 1. The average Bonchev–Trinajstić information content (AvgIpc) is 3.19. The Morgan fingerprint density at radius 1 is 1.23 bits per heavy atom. The van der Waals surface area contributed by atoms with Crippen molar-refractivity contribution in [1.29, 1.82) is 5.26 Å². The van der Waals surface area contributed by atoms with Gasteiger partial charge in [-0.1, -0.05) is 0 Å². The number of nitrogens with one attached hydrogen (secondary N) is 2. The number of carbonyl (C=O) groups is 1. The number of hydrogen-bond acceptors (Lipinski definition) is 8. The molecule has 3 aromatic rings. The molecule has 1 saturated heterocycles. The van der Waals surface area contributed by atoms with Crippen molar-refractivity contribution in [2.75, 3.05) is 30.8 Å². The number of nitrogens with zero attached hydrogens (tertiary/aromatic N) is 7. The van der Waals surface area contributed by atoms with Crippen LogP contribution in [0.25, 0.3) is 11.3 Å². The van der Waals surface area contributed by atoms with Gasteiger partial charge in [0.1, 0.15) is 11.9 Å². The number of carbonyl (C=O) groups excluding carboxylic acids is 1. The maximum absolute atomic E-state index is 12.3. The fourth-order valence-electron chi connectivity index (χ4n) is 3.51. The number of aromatic nitrogens is 5. The molecule has 2 N–H and O–H groups in total. The molecule has 10 heteroatoms. The van der Waals surface area contributed by atoms with Crippen LogP contribution in [0.5, 0.6) is 0 Å². The number of amides is 1. The van der Waals surface area contributed by atoms with Crippen LogP contribution < -0.4 is 10.6 Å². The molecule has 3 aromatic heterocycles. The second-order valence-electron chi connectivity index (χ2n) is 7.51. The van der Waals surface area contributed by atoms with E-state index in [-0.39, 0.29) is 11.8 Å². The number of nitriles is 1. The fraction of sp³-hybridized carbons (Fsp3) is 0.333. The minimum atomic E-state index is -0.114. The highest BCUT2D eigenvalue weighted by Crippen LogP contribution is 2.23. The summed E-state index contributed by atoms with van der Waals surface area (Å²) in [6.45, 7) is 1.23. The minimum Gasteiger partial charge on any atom is -0.368 e. The third-order valence-corrected chi connectivity index (χ3v) is 5.21. The summed E-state index contributed by atoms with van der Waals surface area (Å²) in [5.41, 5.74) is 2.58. The monoisotopic (exact) mass is 417 g/mol. The Kier molecular flexibility index (Phi) is 5.75. The SMILES string of the molecule is CN1CCC[C@@H](CNc2nc(-c3cnc(Nc4cnn(C)c4)nc3)ccc2C#N)C1=O. The lowest BCUT2D eigenvalue weighted by atomic mass is 9.97. The van der Waals surface area contributed by atoms with E-state index in [4.69, 9.17) is 0 Å². The van der Waals surface area contributed by atoms with Crippen LogP contribution in [0.2, 0.25) is 0 Å². The van der Waals surface area contributed by atoms with Gasteiger partial charge in [0.05, 0.1) is 29.1 Å². The van der Waals surface area contributed by atoms with E-state index >= 15 is 0 Å². The van der Waals surface area contributed by atoms with Crippen LogP contribution in [0.1, 0.15) is 18.4 Å². The molecule has 0 unspecified atom stereocenters. The van der Waals surface area contributed by atoms with E-state index in [1.54, 1.807) is 40.3 Å². The molecular weight excluding hydrogens is 394 g/mol. The first kappa shape index (κ1) is 20.3. The van der Waals surface area contributed by atoms with E-state index in [0.29, 0.717) is 29.6 Å². The molecule has 0 saturated carbocycles. The van der Waals surface area contributed by atoms with Gasteiger partial charge in [-0.25, -0.2) is 15.0 Å². The first-order valence-electron chi connectivity index (χ1n) is 10.0. The zero-order chi connectivity index (χ0) is 21.8. The van der Waals surface area contributed by atoms with Gasteiger partial charge in [0.25, 0.3) is 0 Å². The van der Waals surface area contributed by atoms with Gasteiger partial charge in [-0.05, 0) is 25.0 Å². The Labute approximate surface area is 180 Å². The largest absolute Gasteiger partial charge is 0.368 e.